The maximum Gasteiger partial charge on any atom is 0.328 e. The first-order chi connectivity index (χ1) is 8.62. The number of hydrogen-bond donors (Lipinski definition) is 1. The Morgan fingerprint density at radius 2 is 2.00 bits per heavy atom. The first kappa shape index (κ1) is 15.4. The zero-order chi connectivity index (χ0) is 14.8. The van der Waals surface area contributed by atoms with Crippen molar-refractivity contribution in [2.75, 3.05) is 14.1 Å². The van der Waals surface area contributed by atoms with Gasteiger partial charge >= 0.3 is 5.69 Å². The Morgan fingerprint density at radius 1 is 1.42 bits per heavy atom. The van der Waals surface area contributed by atoms with Crippen molar-refractivity contribution in [2.45, 2.75) is 17.9 Å². The number of nitrogens with zero attached hydrogens (tertiary/aromatic N) is 2. The standard InChI is InChI=1S/C9H12ClN3O5S/c1-12(2)7(14)3-4-13-5-6(19(10,17)18)8(15)11-9(13)16/h5H,3-4H2,1-2H3,(H,11,15,16). The third-order valence-electron chi connectivity index (χ3n) is 2.31. The minimum Gasteiger partial charge on any atom is -0.349 e. The monoisotopic (exact) mass is 309 g/mol. The summed E-state index contributed by atoms with van der Waals surface area (Å²) < 4.78 is 23.2. The second kappa shape index (κ2) is 5.57. The van der Waals surface area contributed by atoms with E-state index in [2.05, 4.69) is 0 Å². The molecule has 0 spiro atoms. The lowest BCUT2D eigenvalue weighted by Crippen LogP contribution is -2.33. The van der Waals surface area contributed by atoms with Gasteiger partial charge in [0.2, 0.25) is 5.91 Å². The molecule has 106 valence electrons. The Morgan fingerprint density at radius 3 is 2.47 bits per heavy atom. The molecule has 0 aromatic carbocycles. The highest BCUT2D eigenvalue weighted by atomic mass is 35.7. The van der Waals surface area contributed by atoms with Gasteiger partial charge in [-0.2, -0.15) is 0 Å². The van der Waals surface area contributed by atoms with Crippen molar-refractivity contribution in [1.29, 1.82) is 0 Å². The largest absolute Gasteiger partial charge is 0.349 e. The molecule has 0 saturated carbocycles. The molecular formula is C9H12ClN3O5S. The summed E-state index contributed by atoms with van der Waals surface area (Å²) in [6, 6.07) is 0. The van der Waals surface area contributed by atoms with Gasteiger partial charge in [-0.3, -0.25) is 19.1 Å². The molecule has 0 aliphatic heterocycles. The number of carbonyl (C=O) groups is 1. The van der Waals surface area contributed by atoms with Gasteiger partial charge in [0, 0.05) is 43.9 Å². The number of aryl methyl sites for hydroxylation is 1. The Hall–Kier alpha value is -1.61. The number of hydrogen-bond acceptors (Lipinski definition) is 5. The highest BCUT2D eigenvalue weighted by Crippen LogP contribution is 2.07. The van der Waals surface area contributed by atoms with E-state index in [-0.39, 0.29) is 18.9 Å². The summed E-state index contributed by atoms with van der Waals surface area (Å²) in [5.41, 5.74) is -1.89. The molecule has 1 rings (SSSR count). The van der Waals surface area contributed by atoms with Crippen LogP contribution in [0.5, 0.6) is 0 Å². The van der Waals surface area contributed by atoms with E-state index in [1.165, 1.54) is 4.90 Å². The number of rotatable bonds is 4. The van der Waals surface area contributed by atoms with Crippen molar-refractivity contribution in [3.05, 3.63) is 27.0 Å². The quantitative estimate of drug-likeness (QED) is 0.713. The second-order valence-corrected chi connectivity index (χ2v) is 6.46. The van der Waals surface area contributed by atoms with Crippen molar-refractivity contribution in [3.63, 3.8) is 0 Å². The highest BCUT2D eigenvalue weighted by molar-refractivity contribution is 8.13. The Kier molecular flexibility index (Phi) is 4.53. The summed E-state index contributed by atoms with van der Waals surface area (Å²) >= 11 is 0. The first-order valence-corrected chi connectivity index (χ1v) is 7.42. The molecule has 8 nitrogen and oxygen atoms in total. The number of nitrogens with one attached hydrogen (secondary N) is 1. The number of carbonyl (C=O) groups excluding carboxylic acids is 1. The molecule has 0 radical (unpaired) electrons. The molecule has 0 saturated heterocycles. The number of H-pyrrole nitrogens is 1. The van der Waals surface area contributed by atoms with Crippen LogP contribution in [0.25, 0.3) is 0 Å². The van der Waals surface area contributed by atoms with E-state index in [0.29, 0.717) is 0 Å². The van der Waals surface area contributed by atoms with Crippen molar-refractivity contribution < 1.29 is 13.2 Å². The van der Waals surface area contributed by atoms with Gasteiger partial charge < -0.3 is 4.90 Å². The van der Waals surface area contributed by atoms with Crippen LogP contribution in [0, 0.1) is 0 Å². The molecule has 0 fully saturated rings. The first-order valence-electron chi connectivity index (χ1n) is 5.11. The smallest absolute Gasteiger partial charge is 0.328 e. The molecule has 1 aromatic rings. The van der Waals surface area contributed by atoms with E-state index in [0.717, 1.165) is 10.8 Å². The number of halogens is 1. The summed E-state index contributed by atoms with van der Waals surface area (Å²) in [5, 5.41) is 0. The highest BCUT2D eigenvalue weighted by Gasteiger charge is 2.17. The molecule has 0 unspecified atom stereocenters. The predicted octanol–water partition coefficient (Wildman–Crippen LogP) is -1.06. The van der Waals surface area contributed by atoms with Gasteiger partial charge in [-0.25, -0.2) is 13.2 Å². The topological polar surface area (TPSA) is 109 Å². The minimum atomic E-state index is -4.25. The van der Waals surface area contributed by atoms with Crippen molar-refractivity contribution >= 4 is 25.6 Å². The van der Waals surface area contributed by atoms with Gasteiger partial charge in [0.05, 0.1) is 0 Å². The SMILES string of the molecule is CN(C)C(=O)CCn1cc(S(=O)(=O)Cl)c(=O)[nH]c1=O. The fourth-order valence-electron chi connectivity index (χ4n) is 1.27. The summed E-state index contributed by atoms with van der Waals surface area (Å²) in [7, 11) is 3.91. The van der Waals surface area contributed by atoms with E-state index in [4.69, 9.17) is 10.7 Å². The fraction of sp³-hybridized carbons (Fsp3) is 0.444. The predicted molar refractivity (Wildman–Crippen MR) is 67.7 cm³/mol. The second-order valence-electron chi connectivity index (χ2n) is 3.92. The lowest BCUT2D eigenvalue weighted by molar-refractivity contribution is -0.128. The maximum atomic E-state index is 11.4. The zero-order valence-corrected chi connectivity index (χ0v) is 11.8. The maximum absolute atomic E-state index is 11.4. The van der Waals surface area contributed by atoms with Crippen LogP contribution in [0.4, 0.5) is 0 Å². The molecular weight excluding hydrogens is 298 g/mol. The molecule has 0 aliphatic carbocycles. The molecule has 19 heavy (non-hydrogen) atoms. The molecule has 0 bridgehead atoms. The lowest BCUT2D eigenvalue weighted by atomic mass is 10.4. The molecule has 1 aromatic heterocycles. The van der Waals surface area contributed by atoms with Crippen molar-refractivity contribution in [1.82, 2.24) is 14.5 Å². The number of aromatic amines is 1. The van der Waals surface area contributed by atoms with Gasteiger partial charge in [0.15, 0.2) is 4.90 Å². The lowest BCUT2D eigenvalue weighted by Gasteiger charge is -2.11. The fourth-order valence-corrected chi connectivity index (χ4v) is 2.12. The summed E-state index contributed by atoms with van der Waals surface area (Å²) in [5.74, 6) is -0.242. The van der Waals surface area contributed by atoms with Crippen LogP contribution >= 0.6 is 10.7 Å². The van der Waals surface area contributed by atoms with Gasteiger partial charge in [0.25, 0.3) is 14.6 Å². The van der Waals surface area contributed by atoms with Crippen LogP contribution in [0.3, 0.4) is 0 Å². The van der Waals surface area contributed by atoms with Crippen LogP contribution in [0.2, 0.25) is 0 Å². The van der Waals surface area contributed by atoms with Crippen LogP contribution in [-0.4, -0.2) is 42.9 Å². The average molecular weight is 310 g/mol. The summed E-state index contributed by atoms with van der Waals surface area (Å²) in [6.07, 6.45) is 0.813. The number of amides is 1. The Bertz CT molecular complexity index is 703. The van der Waals surface area contributed by atoms with Crippen LogP contribution in [-0.2, 0) is 20.4 Å². The van der Waals surface area contributed by atoms with E-state index in [1.54, 1.807) is 14.1 Å². The number of aromatic nitrogens is 2. The average Bonchev–Trinajstić information content (AvgIpc) is 2.25. The van der Waals surface area contributed by atoms with Gasteiger partial charge in [-0.05, 0) is 0 Å². The Balaban J connectivity index is 3.14. The molecule has 1 N–H and O–H groups in total. The summed E-state index contributed by atoms with van der Waals surface area (Å²) in [4.78, 5) is 36.5. The summed E-state index contributed by atoms with van der Waals surface area (Å²) in [6.45, 7) is -0.0635. The molecule has 10 heteroatoms. The van der Waals surface area contributed by atoms with E-state index in [1.807, 2.05) is 4.98 Å². The van der Waals surface area contributed by atoms with Crippen molar-refractivity contribution in [3.8, 4) is 0 Å². The third kappa shape index (κ3) is 3.93. The molecule has 1 amide bonds. The van der Waals surface area contributed by atoms with Crippen LogP contribution in [0.1, 0.15) is 6.42 Å². The van der Waals surface area contributed by atoms with Crippen molar-refractivity contribution in [2.24, 2.45) is 0 Å². The minimum absolute atomic E-state index is 0.0132. The van der Waals surface area contributed by atoms with E-state index in [9.17, 15) is 22.8 Å². The van der Waals surface area contributed by atoms with Gasteiger partial charge in [-0.1, -0.05) is 0 Å². The molecule has 0 aliphatic rings. The Labute approximate surface area is 113 Å². The third-order valence-corrected chi connectivity index (χ3v) is 3.62. The van der Waals surface area contributed by atoms with Gasteiger partial charge in [0.1, 0.15) is 0 Å². The normalized spacial score (nSPS) is 11.3. The molecule has 0 atom stereocenters. The molecule has 1 heterocycles. The van der Waals surface area contributed by atoms with Gasteiger partial charge in [-0.15, -0.1) is 0 Å². The zero-order valence-electron chi connectivity index (χ0n) is 10.2. The van der Waals surface area contributed by atoms with E-state index < -0.39 is 25.2 Å². The van der Waals surface area contributed by atoms with E-state index >= 15 is 0 Å². The van der Waals surface area contributed by atoms with Crippen LogP contribution < -0.4 is 11.2 Å². The van der Waals surface area contributed by atoms with Crippen LogP contribution in [0.15, 0.2) is 20.7 Å².